The number of hydrogen-bond acceptors (Lipinski definition) is 4. The van der Waals surface area contributed by atoms with Gasteiger partial charge < -0.3 is 10.2 Å². The second-order valence-electron chi connectivity index (χ2n) is 2.22. The van der Waals surface area contributed by atoms with Gasteiger partial charge in [-0.05, 0) is 6.92 Å². The molecule has 0 bridgehead atoms. The van der Waals surface area contributed by atoms with Gasteiger partial charge in [-0.1, -0.05) is 5.21 Å². The van der Waals surface area contributed by atoms with Crippen molar-refractivity contribution in [3.63, 3.8) is 0 Å². The van der Waals surface area contributed by atoms with Crippen LogP contribution in [0.1, 0.15) is 18.7 Å². The first-order valence-corrected chi connectivity index (χ1v) is 3.46. The molecule has 1 atom stereocenters. The van der Waals surface area contributed by atoms with Gasteiger partial charge >= 0.3 is 5.97 Å². The van der Waals surface area contributed by atoms with Crippen LogP contribution in [0.5, 0.6) is 0 Å². The van der Waals surface area contributed by atoms with E-state index in [0.29, 0.717) is 6.54 Å². The van der Waals surface area contributed by atoms with E-state index in [9.17, 15) is 4.79 Å². The van der Waals surface area contributed by atoms with E-state index in [2.05, 4.69) is 10.3 Å². The Morgan fingerprint density at radius 3 is 3.00 bits per heavy atom. The number of aliphatic carboxylic acids is 1. The third kappa shape index (κ3) is 1.42. The van der Waals surface area contributed by atoms with Crippen molar-refractivity contribution >= 4 is 5.97 Å². The van der Waals surface area contributed by atoms with Gasteiger partial charge in [-0.2, -0.15) is 0 Å². The number of carboxylic acids is 1. The SMILES string of the molecule is CCn1nncc1C(O)C(=O)O. The van der Waals surface area contributed by atoms with Crippen molar-refractivity contribution in [3.8, 4) is 0 Å². The largest absolute Gasteiger partial charge is 0.479 e. The number of aliphatic hydroxyl groups excluding tert-OH is 1. The molecular weight excluding hydrogens is 162 g/mol. The van der Waals surface area contributed by atoms with Crippen molar-refractivity contribution in [2.45, 2.75) is 19.6 Å². The first-order valence-electron chi connectivity index (χ1n) is 3.46. The number of carbonyl (C=O) groups is 1. The molecule has 1 rings (SSSR count). The maximum Gasteiger partial charge on any atom is 0.338 e. The molecule has 12 heavy (non-hydrogen) atoms. The molecule has 1 aromatic heterocycles. The minimum absolute atomic E-state index is 0.199. The minimum Gasteiger partial charge on any atom is -0.479 e. The average molecular weight is 171 g/mol. The summed E-state index contributed by atoms with van der Waals surface area (Å²) < 4.78 is 1.33. The number of nitrogens with zero attached hydrogens (tertiary/aromatic N) is 3. The number of aryl methyl sites for hydroxylation is 1. The molecule has 0 saturated heterocycles. The molecule has 0 aliphatic carbocycles. The molecule has 0 aromatic carbocycles. The second-order valence-corrected chi connectivity index (χ2v) is 2.22. The smallest absolute Gasteiger partial charge is 0.338 e. The lowest BCUT2D eigenvalue weighted by molar-refractivity contribution is -0.147. The van der Waals surface area contributed by atoms with Crippen LogP contribution in [0.2, 0.25) is 0 Å². The van der Waals surface area contributed by atoms with E-state index in [1.807, 2.05) is 0 Å². The zero-order valence-corrected chi connectivity index (χ0v) is 6.51. The molecule has 1 unspecified atom stereocenters. The molecule has 66 valence electrons. The molecule has 0 fully saturated rings. The number of aliphatic hydroxyl groups is 1. The zero-order valence-electron chi connectivity index (χ0n) is 6.51. The highest BCUT2D eigenvalue weighted by atomic mass is 16.4. The van der Waals surface area contributed by atoms with Crippen LogP contribution in [-0.2, 0) is 11.3 Å². The molecular formula is C6H9N3O3. The van der Waals surface area contributed by atoms with Gasteiger partial charge in [-0.15, -0.1) is 5.10 Å². The van der Waals surface area contributed by atoms with Crippen LogP contribution in [0.15, 0.2) is 6.20 Å². The predicted molar refractivity (Wildman–Crippen MR) is 38.3 cm³/mol. The number of hydrogen-bond donors (Lipinski definition) is 2. The summed E-state index contributed by atoms with van der Waals surface area (Å²) >= 11 is 0. The Balaban J connectivity index is 2.93. The fourth-order valence-electron chi connectivity index (χ4n) is 0.850. The third-order valence-electron chi connectivity index (χ3n) is 1.46. The summed E-state index contributed by atoms with van der Waals surface area (Å²) in [6.07, 6.45) is -0.303. The van der Waals surface area contributed by atoms with Gasteiger partial charge in [-0.3, -0.25) is 0 Å². The van der Waals surface area contributed by atoms with E-state index >= 15 is 0 Å². The maximum absolute atomic E-state index is 10.3. The highest BCUT2D eigenvalue weighted by Crippen LogP contribution is 2.10. The van der Waals surface area contributed by atoms with Crippen molar-refractivity contribution in [3.05, 3.63) is 11.9 Å². The van der Waals surface area contributed by atoms with Crippen LogP contribution in [-0.4, -0.2) is 31.2 Å². The molecule has 2 N–H and O–H groups in total. The van der Waals surface area contributed by atoms with E-state index in [1.165, 1.54) is 10.9 Å². The predicted octanol–water partition coefficient (Wildman–Crippen LogP) is -0.584. The van der Waals surface area contributed by atoms with Gasteiger partial charge in [-0.25, -0.2) is 9.48 Å². The quantitative estimate of drug-likeness (QED) is 0.635. The summed E-state index contributed by atoms with van der Waals surface area (Å²) in [4.78, 5) is 10.3. The molecule has 6 nitrogen and oxygen atoms in total. The Bertz CT molecular complexity index is 283. The molecule has 1 heterocycles. The number of rotatable bonds is 3. The van der Waals surface area contributed by atoms with Crippen molar-refractivity contribution in [2.75, 3.05) is 0 Å². The van der Waals surface area contributed by atoms with E-state index in [1.54, 1.807) is 6.92 Å². The summed E-state index contributed by atoms with van der Waals surface area (Å²) in [5.41, 5.74) is 0.199. The summed E-state index contributed by atoms with van der Waals surface area (Å²) in [6, 6.07) is 0. The highest BCUT2D eigenvalue weighted by Gasteiger charge is 2.20. The number of carboxylic acid groups (broad SMARTS) is 1. The monoisotopic (exact) mass is 171 g/mol. The molecule has 0 amide bonds. The lowest BCUT2D eigenvalue weighted by atomic mass is 10.3. The Morgan fingerprint density at radius 1 is 1.83 bits per heavy atom. The fraction of sp³-hybridized carbons (Fsp3) is 0.500. The normalized spacial score (nSPS) is 12.8. The van der Waals surface area contributed by atoms with Gasteiger partial charge in [0, 0.05) is 6.54 Å². The van der Waals surface area contributed by atoms with Crippen LogP contribution in [0, 0.1) is 0 Å². The molecule has 0 saturated carbocycles. The Hall–Kier alpha value is -1.43. The van der Waals surface area contributed by atoms with Gasteiger partial charge in [0.25, 0.3) is 0 Å². The van der Waals surface area contributed by atoms with Crippen molar-refractivity contribution < 1.29 is 15.0 Å². The Kier molecular flexibility index (Phi) is 2.39. The number of aromatic nitrogens is 3. The van der Waals surface area contributed by atoms with Crippen molar-refractivity contribution in [1.82, 2.24) is 15.0 Å². The van der Waals surface area contributed by atoms with E-state index < -0.39 is 12.1 Å². The van der Waals surface area contributed by atoms with Gasteiger partial charge in [0.2, 0.25) is 0 Å². The van der Waals surface area contributed by atoms with E-state index in [-0.39, 0.29) is 5.69 Å². The van der Waals surface area contributed by atoms with E-state index in [0.717, 1.165) is 0 Å². The minimum atomic E-state index is -1.54. The summed E-state index contributed by atoms with van der Waals surface area (Å²) in [7, 11) is 0. The third-order valence-corrected chi connectivity index (χ3v) is 1.46. The Labute approximate surface area is 68.4 Å². The topological polar surface area (TPSA) is 88.2 Å². The lowest BCUT2D eigenvalue weighted by Crippen LogP contribution is -2.15. The standard InChI is InChI=1S/C6H9N3O3/c1-2-9-4(3-7-8-9)5(10)6(11)12/h3,5,10H,2H2,1H3,(H,11,12). The van der Waals surface area contributed by atoms with Crippen LogP contribution in [0.4, 0.5) is 0 Å². The van der Waals surface area contributed by atoms with Gasteiger partial charge in [0.15, 0.2) is 6.10 Å². The van der Waals surface area contributed by atoms with Crippen LogP contribution in [0.25, 0.3) is 0 Å². The van der Waals surface area contributed by atoms with Crippen LogP contribution >= 0.6 is 0 Å². The molecule has 0 aliphatic heterocycles. The second kappa shape index (κ2) is 3.31. The first-order chi connectivity index (χ1) is 5.66. The summed E-state index contributed by atoms with van der Waals surface area (Å²) in [6.45, 7) is 2.27. The summed E-state index contributed by atoms with van der Waals surface area (Å²) in [5.74, 6) is -1.30. The van der Waals surface area contributed by atoms with E-state index in [4.69, 9.17) is 10.2 Å². The molecule has 0 aliphatic rings. The zero-order chi connectivity index (χ0) is 9.14. The molecule has 0 radical (unpaired) electrons. The Morgan fingerprint density at radius 2 is 2.50 bits per heavy atom. The van der Waals surface area contributed by atoms with Crippen molar-refractivity contribution in [1.29, 1.82) is 0 Å². The summed E-state index contributed by atoms with van der Waals surface area (Å²) in [5, 5.41) is 24.6. The maximum atomic E-state index is 10.3. The molecule has 1 aromatic rings. The van der Waals surface area contributed by atoms with Gasteiger partial charge in [0.05, 0.1) is 11.9 Å². The first kappa shape index (κ1) is 8.66. The fourth-order valence-corrected chi connectivity index (χ4v) is 0.850. The molecule has 6 heteroatoms. The van der Waals surface area contributed by atoms with Crippen molar-refractivity contribution in [2.24, 2.45) is 0 Å². The van der Waals surface area contributed by atoms with Crippen LogP contribution in [0.3, 0.4) is 0 Å². The lowest BCUT2D eigenvalue weighted by Gasteiger charge is -2.05. The average Bonchev–Trinajstić information content (AvgIpc) is 2.49. The highest BCUT2D eigenvalue weighted by molar-refractivity contribution is 5.73. The van der Waals surface area contributed by atoms with Gasteiger partial charge in [0.1, 0.15) is 0 Å². The molecule has 0 spiro atoms. The van der Waals surface area contributed by atoms with Crippen LogP contribution < -0.4 is 0 Å².